The molecule has 0 aromatic heterocycles. The lowest BCUT2D eigenvalue weighted by molar-refractivity contribution is 0.0871. The summed E-state index contributed by atoms with van der Waals surface area (Å²) < 4.78 is 24.3. The number of amides is 1. The van der Waals surface area contributed by atoms with Gasteiger partial charge in [0.05, 0.1) is 5.56 Å². The third-order valence-electron chi connectivity index (χ3n) is 2.83. The second-order valence-corrected chi connectivity index (χ2v) is 5.52. The van der Waals surface area contributed by atoms with Crippen LogP contribution in [0, 0.1) is 0 Å². The summed E-state index contributed by atoms with van der Waals surface area (Å²) in [6, 6.07) is 10.2. The van der Waals surface area contributed by atoms with Crippen LogP contribution in [0.25, 0.3) is 10.8 Å². The van der Waals surface area contributed by atoms with Gasteiger partial charge in [0.1, 0.15) is 4.90 Å². The van der Waals surface area contributed by atoms with E-state index in [0.29, 0.717) is 9.80 Å². The number of hydrogen-bond acceptors (Lipinski definition) is 4. The number of carbonyl (C=O) groups is 1. The van der Waals surface area contributed by atoms with Crippen LogP contribution in [0.5, 0.6) is 0 Å². The number of sulfonamides is 1. The van der Waals surface area contributed by atoms with Crippen molar-refractivity contribution in [3.05, 3.63) is 42.0 Å². The van der Waals surface area contributed by atoms with Crippen molar-refractivity contribution in [1.29, 1.82) is 0 Å². The molecule has 2 aromatic rings. The number of nitrogens with two attached hydrogens (primary N) is 1. The zero-order chi connectivity index (χ0) is 12.2. The average molecular weight is 248 g/mol. The molecule has 2 aromatic carbocycles. The molecule has 0 bridgehead atoms. The van der Waals surface area contributed by atoms with Crippen molar-refractivity contribution in [1.82, 2.24) is 4.41 Å². The van der Waals surface area contributed by atoms with Gasteiger partial charge < -0.3 is 0 Å². The Morgan fingerprint density at radius 1 is 1.06 bits per heavy atom. The first-order valence-corrected chi connectivity index (χ1v) is 6.33. The summed E-state index contributed by atoms with van der Waals surface area (Å²) in [6.45, 7) is 0. The van der Waals surface area contributed by atoms with Crippen LogP contribution in [0.15, 0.2) is 41.3 Å². The van der Waals surface area contributed by atoms with Crippen LogP contribution >= 0.6 is 0 Å². The Bertz CT molecular complexity index is 752. The Hall–Kier alpha value is -1.92. The quantitative estimate of drug-likeness (QED) is 0.554. The van der Waals surface area contributed by atoms with Crippen LogP contribution in [-0.2, 0) is 10.0 Å². The van der Waals surface area contributed by atoms with Crippen molar-refractivity contribution in [3.63, 3.8) is 0 Å². The van der Waals surface area contributed by atoms with Crippen molar-refractivity contribution >= 4 is 26.7 Å². The molecule has 0 spiro atoms. The fraction of sp³-hybridized carbons (Fsp3) is 0. The van der Waals surface area contributed by atoms with Crippen LogP contribution in [0.2, 0.25) is 0 Å². The van der Waals surface area contributed by atoms with E-state index in [1.165, 1.54) is 6.07 Å². The van der Waals surface area contributed by atoms with Crippen LogP contribution in [-0.4, -0.2) is 18.7 Å². The number of fused-ring (bicyclic) bond motifs is 3. The molecule has 6 heteroatoms. The Morgan fingerprint density at radius 3 is 2.53 bits per heavy atom. The number of carbonyl (C=O) groups excluding carboxylic acids is 1. The summed E-state index contributed by atoms with van der Waals surface area (Å²) in [6.07, 6.45) is 0. The van der Waals surface area contributed by atoms with Crippen molar-refractivity contribution in [3.8, 4) is 0 Å². The van der Waals surface area contributed by atoms with Crippen LogP contribution < -0.4 is 5.84 Å². The lowest BCUT2D eigenvalue weighted by Gasteiger charge is -2.06. The predicted molar refractivity (Wildman–Crippen MR) is 61.5 cm³/mol. The molecular weight excluding hydrogens is 240 g/mol. The molecule has 0 fully saturated rings. The van der Waals surface area contributed by atoms with E-state index in [1.54, 1.807) is 30.3 Å². The third-order valence-corrected chi connectivity index (χ3v) is 4.47. The van der Waals surface area contributed by atoms with E-state index < -0.39 is 15.9 Å². The Labute approximate surface area is 97.5 Å². The normalized spacial score (nSPS) is 17.5. The van der Waals surface area contributed by atoms with E-state index in [0.717, 1.165) is 5.39 Å². The topological polar surface area (TPSA) is 80.5 Å². The lowest BCUT2D eigenvalue weighted by atomic mass is 10.1. The number of nitrogens with zero attached hydrogens (tertiary/aromatic N) is 1. The summed E-state index contributed by atoms with van der Waals surface area (Å²) in [5, 5.41) is 1.28. The van der Waals surface area contributed by atoms with Gasteiger partial charge >= 0.3 is 0 Å². The zero-order valence-electron chi connectivity index (χ0n) is 8.62. The molecule has 3 rings (SSSR count). The Kier molecular flexibility index (Phi) is 1.84. The van der Waals surface area contributed by atoms with E-state index in [-0.39, 0.29) is 10.5 Å². The zero-order valence-corrected chi connectivity index (χ0v) is 9.44. The maximum Gasteiger partial charge on any atom is 0.283 e. The fourth-order valence-electron chi connectivity index (χ4n) is 2.02. The maximum atomic E-state index is 12.0. The molecule has 1 heterocycles. The minimum atomic E-state index is -3.90. The third kappa shape index (κ3) is 1.16. The van der Waals surface area contributed by atoms with Gasteiger partial charge in [-0.1, -0.05) is 30.3 Å². The van der Waals surface area contributed by atoms with Crippen LogP contribution in [0.4, 0.5) is 0 Å². The first kappa shape index (κ1) is 10.2. The summed E-state index contributed by atoms with van der Waals surface area (Å²) in [5.74, 6) is 4.60. The van der Waals surface area contributed by atoms with Gasteiger partial charge in [-0.15, -0.1) is 0 Å². The molecule has 0 saturated heterocycles. The molecule has 0 aliphatic carbocycles. The average Bonchev–Trinajstić information content (AvgIpc) is 2.51. The van der Waals surface area contributed by atoms with E-state index in [1.807, 2.05) is 0 Å². The fourth-order valence-corrected chi connectivity index (χ4v) is 3.43. The van der Waals surface area contributed by atoms with Gasteiger partial charge in [-0.05, 0) is 11.5 Å². The molecule has 86 valence electrons. The highest BCUT2D eigenvalue weighted by molar-refractivity contribution is 7.90. The van der Waals surface area contributed by atoms with Gasteiger partial charge in [0.15, 0.2) is 0 Å². The summed E-state index contributed by atoms with van der Waals surface area (Å²) >= 11 is 0. The van der Waals surface area contributed by atoms with Gasteiger partial charge in [0.2, 0.25) is 0 Å². The second kappa shape index (κ2) is 3.06. The monoisotopic (exact) mass is 248 g/mol. The standard InChI is InChI=1S/C11H8N2O3S/c12-13-11(14)9-6-5-7-3-1-2-4-8(7)10(9)17(13,15)16/h1-6H,12H2. The molecule has 5 nitrogen and oxygen atoms in total. The molecule has 0 unspecified atom stereocenters. The van der Waals surface area contributed by atoms with Gasteiger partial charge in [0, 0.05) is 5.39 Å². The molecule has 2 N–H and O–H groups in total. The van der Waals surface area contributed by atoms with Gasteiger partial charge in [-0.3, -0.25) is 4.79 Å². The first-order chi connectivity index (χ1) is 8.03. The molecule has 0 radical (unpaired) electrons. The van der Waals surface area contributed by atoms with Crippen LogP contribution in [0.1, 0.15) is 10.4 Å². The van der Waals surface area contributed by atoms with E-state index in [2.05, 4.69) is 0 Å². The largest absolute Gasteiger partial charge is 0.283 e. The van der Waals surface area contributed by atoms with Gasteiger partial charge in [0.25, 0.3) is 15.9 Å². The van der Waals surface area contributed by atoms with E-state index in [9.17, 15) is 13.2 Å². The molecule has 0 atom stereocenters. The second-order valence-electron chi connectivity index (χ2n) is 3.77. The lowest BCUT2D eigenvalue weighted by Crippen LogP contribution is -2.36. The van der Waals surface area contributed by atoms with E-state index >= 15 is 0 Å². The number of hydrazine groups is 1. The van der Waals surface area contributed by atoms with Gasteiger partial charge in [-0.2, -0.15) is 12.8 Å². The minimum Gasteiger partial charge on any atom is -0.266 e. The van der Waals surface area contributed by atoms with Crippen molar-refractivity contribution in [2.24, 2.45) is 5.84 Å². The smallest absolute Gasteiger partial charge is 0.266 e. The molecule has 1 aliphatic heterocycles. The molecule has 1 aliphatic rings. The van der Waals surface area contributed by atoms with E-state index in [4.69, 9.17) is 5.84 Å². The van der Waals surface area contributed by atoms with Crippen LogP contribution in [0.3, 0.4) is 0 Å². The number of hydrogen-bond donors (Lipinski definition) is 1. The summed E-state index contributed by atoms with van der Waals surface area (Å²) in [5.41, 5.74) is 0.131. The predicted octanol–water partition coefficient (Wildman–Crippen LogP) is 0.858. The van der Waals surface area contributed by atoms with Crippen molar-refractivity contribution < 1.29 is 13.2 Å². The molecule has 0 saturated carbocycles. The van der Waals surface area contributed by atoms with Gasteiger partial charge in [-0.25, -0.2) is 5.84 Å². The minimum absolute atomic E-state index is 0.00287. The maximum absolute atomic E-state index is 12.0. The molecule has 1 amide bonds. The highest BCUT2D eigenvalue weighted by Gasteiger charge is 2.40. The summed E-state index contributed by atoms with van der Waals surface area (Å²) in [7, 11) is -3.90. The molecular formula is C11H8N2O3S. The highest BCUT2D eigenvalue weighted by Crippen LogP contribution is 2.34. The SMILES string of the molecule is NN1C(=O)c2ccc3ccccc3c2S1(=O)=O. The first-order valence-electron chi connectivity index (χ1n) is 4.89. The Morgan fingerprint density at radius 2 is 1.76 bits per heavy atom. The molecule has 17 heavy (non-hydrogen) atoms. The van der Waals surface area contributed by atoms with Crippen molar-refractivity contribution in [2.45, 2.75) is 4.90 Å². The number of rotatable bonds is 0. The Balaban J connectivity index is 2.55. The van der Waals surface area contributed by atoms with Crippen molar-refractivity contribution in [2.75, 3.05) is 0 Å². The summed E-state index contributed by atoms with van der Waals surface area (Å²) in [4.78, 5) is 11.7. The number of benzene rings is 2. The highest BCUT2D eigenvalue weighted by atomic mass is 32.2.